The van der Waals surface area contributed by atoms with E-state index in [-0.39, 0.29) is 34.5 Å². The second-order valence-electron chi connectivity index (χ2n) is 8.64. The fraction of sp³-hybridized carbons (Fsp3) is 0.632. The Kier molecular flexibility index (Phi) is 6.31. The molecule has 27 heavy (non-hydrogen) atoms. The lowest BCUT2D eigenvalue weighted by molar-refractivity contribution is -0.118. The van der Waals surface area contributed by atoms with Crippen LogP contribution >= 0.6 is 12.4 Å². The van der Waals surface area contributed by atoms with Crippen molar-refractivity contribution in [3.63, 3.8) is 0 Å². The maximum atomic E-state index is 12.7. The average Bonchev–Trinajstić information content (AvgIpc) is 3.21. The van der Waals surface area contributed by atoms with Gasteiger partial charge in [-0.05, 0) is 83.2 Å². The monoisotopic (exact) mass is 415 g/mol. The Bertz CT molecular complexity index is 812. The van der Waals surface area contributed by atoms with Gasteiger partial charge in [0.1, 0.15) is 0 Å². The number of rotatable bonds is 4. The molecule has 3 N–H and O–H groups in total. The molecule has 8 heteroatoms. The predicted molar refractivity (Wildman–Crippen MR) is 110 cm³/mol. The third-order valence-corrected chi connectivity index (χ3v) is 7.28. The molecule has 1 atom stereocenters. The van der Waals surface area contributed by atoms with Gasteiger partial charge in [-0.3, -0.25) is 4.79 Å². The first-order valence-electron chi connectivity index (χ1n) is 9.19. The summed E-state index contributed by atoms with van der Waals surface area (Å²) in [6.07, 6.45) is 3.01. The van der Waals surface area contributed by atoms with Crippen molar-refractivity contribution >= 4 is 34.0 Å². The van der Waals surface area contributed by atoms with Crippen LogP contribution in [-0.2, 0) is 14.8 Å². The van der Waals surface area contributed by atoms with Crippen LogP contribution in [0.3, 0.4) is 0 Å². The first-order chi connectivity index (χ1) is 12.0. The van der Waals surface area contributed by atoms with E-state index in [1.54, 1.807) is 45.9 Å². The molecule has 1 heterocycles. The highest BCUT2D eigenvalue weighted by molar-refractivity contribution is 7.89. The van der Waals surface area contributed by atoms with Gasteiger partial charge in [-0.2, -0.15) is 0 Å². The molecule has 1 amide bonds. The molecule has 0 aromatic heterocycles. The molecule has 152 valence electrons. The van der Waals surface area contributed by atoms with Crippen molar-refractivity contribution in [2.75, 3.05) is 18.4 Å². The van der Waals surface area contributed by atoms with E-state index in [0.29, 0.717) is 11.3 Å². The standard InChI is InChI=1S/C19H29N3O3S.ClH/c1-13-15(6-5-7-16(13)26(24,25)22-18(2,3)4)21-17(23)14-12-19(14)8-10-20-11-9-19;/h5-7,14,20,22H,8-12H2,1-4H3,(H,21,23);1H. The van der Waals surface area contributed by atoms with Gasteiger partial charge in [-0.1, -0.05) is 6.07 Å². The van der Waals surface area contributed by atoms with E-state index < -0.39 is 15.6 Å². The number of nitrogens with one attached hydrogen (secondary N) is 3. The largest absolute Gasteiger partial charge is 0.326 e. The Balaban J connectivity index is 0.00000261. The normalized spacial score (nSPS) is 21.4. The molecule has 2 fully saturated rings. The molecule has 1 aliphatic heterocycles. The molecule has 1 aliphatic carbocycles. The van der Waals surface area contributed by atoms with Gasteiger partial charge in [-0.25, -0.2) is 13.1 Å². The molecular formula is C19H30ClN3O3S. The van der Waals surface area contributed by atoms with Crippen LogP contribution in [-0.4, -0.2) is 33.0 Å². The smallest absolute Gasteiger partial charge is 0.241 e. The minimum atomic E-state index is -3.65. The summed E-state index contributed by atoms with van der Waals surface area (Å²) in [5, 5.41) is 6.30. The molecule has 1 unspecified atom stereocenters. The molecule has 6 nitrogen and oxygen atoms in total. The van der Waals surface area contributed by atoms with E-state index in [9.17, 15) is 13.2 Å². The van der Waals surface area contributed by atoms with E-state index in [1.807, 2.05) is 0 Å². The van der Waals surface area contributed by atoms with Crippen molar-refractivity contribution in [2.24, 2.45) is 11.3 Å². The van der Waals surface area contributed by atoms with Crippen LogP contribution in [0.2, 0.25) is 0 Å². The van der Waals surface area contributed by atoms with Crippen LogP contribution in [0.25, 0.3) is 0 Å². The summed E-state index contributed by atoms with van der Waals surface area (Å²) in [5.41, 5.74) is 0.723. The van der Waals surface area contributed by atoms with Gasteiger partial charge in [0.15, 0.2) is 0 Å². The number of sulfonamides is 1. The Morgan fingerprint density at radius 3 is 2.44 bits per heavy atom. The maximum absolute atomic E-state index is 12.7. The van der Waals surface area contributed by atoms with Crippen LogP contribution in [0.5, 0.6) is 0 Å². The average molecular weight is 416 g/mol. The highest BCUT2D eigenvalue weighted by Crippen LogP contribution is 2.58. The third kappa shape index (κ3) is 4.83. The van der Waals surface area contributed by atoms with E-state index in [2.05, 4.69) is 15.4 Å². The number of amides is 1. The molecule has 0 radical (unpaired) electrons. The van der Waals surface area contributed by atoms with E-state index in [0.717, 1.165) is 32.4 Å². The molecule has 1 aromatic carbocycles. The Morgan fingerprint density at radius 1 is 1.22 bits per heavy atom. The van der Waals surface area contributed by atoms with E-state index in [1.165, 1.54) is 0 Å². The second kappa shape index (κ2) is 7.70. The third-order valence-electron chi connectivity index (χ3n) is 5.38. The maximum Gasteiger partial charge on any atom is 0.241 e. The molecule has 3 rings (SSSR count). The van der Waals surface area contributed by atoms with Crippen molar-refractivity contribution < 1.29 is 13.2 Å². The summed E-state index contributed by atoms with van der Waals surface area (Å²) in [7, 11) is -3.65. The fourth-order valence-electron chi connectivity index (χ4n) is 3.91. The fourth-order valence-corrected chi connectivity index (χ4v) is 5.60. The summed E-state index contributed by atoms with van der Waals surface area (Å²) < 4.78 is 28.0. The van der Waals surface area contributed by atoms with Crippen LogP contribution in [0.4, 0.5) is 5.69 Å². The van der Waals surface area contributed by atoms with Crippen molar-refractivity contribution in [1.29, 1.82) is 0 Å². The molecular weight excluding hydrogens is 386 g/mol. The number of carbonyl (C=O) groups is 1. The zero-order valence-electron chi connectivity index (χ0n) is 16.4. The molecule has 1 saturated carbocycles. The van der Waals surface area contributed by atoms with Gasteiger partial charge in [0, 0.05) is 17.1 Å². The van der Waals surface area contributed by atoms with Crippen molar-refractivity contribution in [3.8, 4) is 0 Å². The lowest BCUT2D eigenvalue weighted by atomic mass is 9.91. The van der Waals surface area contributed by atoms with Crippen LogP contribution < -0.4 is 15.4 Å². The summed E-state index contributed by atoms with van der Waals surface area (Å²) in [4.78, 5) is 12.9. The minimum absolute atomic E-state index is 0. The second-order valence-corrected chi connectivity index (χ2v) is 10.3. The number of hydrogen-bond acceptors (Lipinski definition) is 4. The van der Waals surface area contributed by atoms with Crippen LogP contribution in [0.1, 0.15) is 45.6 Å². The summed E-state index contributed by atoms with van der Waals surface area (Å²) in [5.74, 6) is 0.0466. The Labute approximate surface area is 168 Å². The van der Waals surface area contributed by atoms with Crippen LogP contribution in [0.15, 0.2) is 23.1 Å². The molecule has 2 aliphatic rings. The van der Waals surface area contributed by atoms with Gasteiger partial charge >= 0.3 is 0 Å². The molecule has 1 aromatic rings. The van der Waals surface area contributed by atoms with Gasteiger partial charge in [-0.15, -0.1) is 12.4 Å². The van der Waals surface area contributed by atoms with Crippen LogP contribution in [0, 0.1) is 18.3 Å². The SMILES string of the molecule is Cc1c(NC(=O)C2CC23CCNCC3)cccc1S(=O)(=O)NC(C)(C)C.Cl. The summed E-state index contributed by atoms with van der Waals surface area (Å²) >= 11 is 0. The molecule has 0 bridgehead atoms. The highest BCUT2D eigenvalue weighted by atomic mass is 35.5. The number of hydrogen-bond donors (Lipinski definition) is 3. The van der Waals surface area contributed by atoms with Gasteiger partial charge in [0.2, 0.25) is 15.9 Å². The Hall–Kier alpha value is -1.15. The molecule has 1 spiro atoms. The lowest BCUT2D eigenvalue weighted by Gasteiger charge is -2.23. The Morgan fingerprint density at radius 2 is 1.85 bits per heavy atom. The first kappa shape index (κ1) is 22.1. The minimum Gasteiger partial charge on any atom is -0.326 e. The summed E-state index contributed by atoms with van der Waals surface area (Å²) in [6.45, 7) is 9.08. The van der Waals surface area contributed by atoms with E-state index in [4.69, 9.17) is 0 Å². The van der Waals surface area contributed by atoms with Crippen molar-refractivity contribution in [2.45, 2.75) is 57.4 Å². The van der Waals surface area contributed by atoms with E-state index >= 15 is 0 Å². The van der Waals surface area contributed by atoms with Crippen molar-refractivity contribution in [1.82, 2.24) is 10.0 Å². The van der Waals surface area contributed by atoms with Crippen molar-refractivity contribution in [3.05, 3.63) is 23.8 Å². The number of halogens is 1. The first-order valence-corrected chi connectivity index (χ1v) is 10.7. The number of anilines is 1. The molecule has 1 saturated heterocycles. The summed E-state index contributed by atoms with van der Waals surface area (Å²) in [6, 6.07) is 5.01. The zero-order valence-corrected chi connectivity index (χ0v) is 18.0. The predicted octanol–water partition coefficient (Wildman–Crippen LogP) is 2.82. The highest BCUT2D eigenvalue weighted by Gasteiger charge is 2.57. The quantitative estimate of drug-likeness (QED) is 0.705. The van der Waals surface area contributed by atoms with Gasteiger partial charge < -0.3 is 10.6 Å². The number of benzene rings is 1. The topological polar surface area (TPSA) is 87.3 Å². The number of piperidine rings is 1. The van der Waals surface area contributed by atoms with Gasteiger partial charge in [0.25, 0.3) is 0 Å². The zero-order chi connectivity index (χ0) is 19.2. The lowest BCUT2D eigenvalue weighted by Crippen LogP contribution is -2.40. The van der Waals surface area contributed by atoms with Gasteiger partial charge in [0.05, 0.1) is 4.90 Å². The number of carbonyl (C=O) groups excluding carboxylic acids is 1.